The zero-order valence-corrected chi connectivity index (χ0v) is 32.5. The number of nitrogens with zero attached hydrogens (tertiary/aromatic N) is 6. The minimum atomic E-state index is 0.580. The molecular weight excluding hydrogens is 733 g/mol. The van der Waals surface area contributed by atoms with Gasteiger partial charge in [0.2, 0.25) is 0 Å². The Balaban J connectivity index is 1.13. The summed E-state index contributed by atoms with van der Waals surface area (Å²) in [6.45, 7) is 0. The first kappa shape index (κ1) is 36.1. The van der Waals surface area contributed by atoms with Crippen LogP contribution in [-0.2, 0) is 0 Å². The van der Waals surface area contributed by atoms with Crippen LogP contribution in [0.4, 0.5) is 0 Å². The fourth-order valence-corrected chi connectivity index (χ4v) is 7.32. The molecule has 0 saturated carbocycles. The molecule has 60 heavy (non-hydrogen) atoms. The topological polar surface area (TPSA) is 77.3 Å². The highest BCUT2D eigenvalue weighted by Crippen LogP contribution is 2.35. The second-order valence-corrected chi connectivity index (χ2v) is 14.4. The Labute approximate surface area is 348 Å². The van der Waals surface area contributed by atoms with Gasteiger partial charge in [0, 0.05) is 33.4 Å². The third-order valence-electron chi connectivity index (χ3n) is 10.3. The molecule has 0 aliphatic heterocycles. The van der Waals surface area contributed by atoms with Crippen LogP contribution >= 0.6 is 0 Å². The predicted molar refractivity (Wildman–Crippen MR) is 242 cm³/mol. The first-order valence-electron chi connectivity index (χ1n) is 19.9. The Morgan fingerprint density at radius 1 is 0.150 bits per heavy atom. The molecule has 8 aromatic carbocycles. The van der Waals surface area contributed by atoms with Gasteiger partial charge in [0.15, 0.2) is 34.9 Å². The van der Waals surface area contributed by atoms with Crippen LogP contribution in [0.2, 0.25) is 0 Å². The number of aromatic nitrogens is 6. The van der Waals surface area contributed by atoms with Crippen LogP contribution in [0.3, 0.4) is 0 Å². The number of benzene rings is 8. The first-order chi connectivity index (χ1) is 29.7. The van der Waals surface area contributed by atoms with Crippen molar-refractivity contribution in [2.24, 2.45) is 0 Å². The summed E-state index contributed by atoms with van der Waals surface area (Å²) >= 11 is 0. The summed E-state index contributed by atoms with van der Waals surface area (Å²) in [5, 5.41) is 0. The van der Waals surface area contributed by atoms with Crippen molar-refractivity contribution in [3.8, 4) is 102 Å². The van der Waals surface area contributed by atoms with Crippen molar-refractivity contribution >= 4 is 0 Å². The summed E-state index contributed by atoms with van der Waals surface area (Å²) in [5.74, 6) is 3.61. The summed E-state index contributed by atoms with van der Waals surface area (Å²) in [4.78, 5) is 30.3. The maximum atomic E-state index is 5.20. The lowest BCUT2D eigenvalue weighted by molar-refractivity contribution is 1.07. The minimum absolute atomic E-state index is 0.580. The molecule has 0 fully saturated rings. The van der Waals surface area contributed by atoms with Crippen LogP contribution in [-0.4, -0.2) is 29.9 Å². The highest BCUT2D eigenvalue weighted by atomic mass is 15.0. The van der Waals surface area contributed by atoms with Gasteiger partial charge >= 0.3 is 0 Å². The van der Waals surface area contributed by atoms with Crippen LogP contribution in [0.1, 0.15) is 0 Å². The van der Waals surface area contributed by atoms with E-state index in [2.05, 4.69) is 115 Å². The molecule has 6 heteroatoms. The molecule has 10 rings (SSSR count). The van der Waals surface area contributed by atoms with Crippen LogP contribution in [0, 0.1) is 0 Å². The largest absolute Gasteiger partial charge is 0.208 e. The van der Waals surface area contributed by atoms with E-state index in [-0.39, 0.29) is 0 Å². The molecule has 10 aromatic rings. The standard InChI is InChI=1S/C54H36N6/c1-6-18-37(19-7-1)42-28-16-30-44(32-42)53-58-51(41-26-14-5-15-27-41)59-54(60-53)48-35-46(38-20-8-2-9-21-38)34-47(36-48)43-29-17-31-45(33-43)52-56-49(39-22-10-3-11-23-39)55-50(57-52)40-24-12-4-13-25-40/h1-36H. The zero-order valence-electron chi connectivity index (χ0n) is 32.5. The van der Waals surface area contributed by atoms with Gasteiger partial charge in [0.25, 0.3) is 0 Å². The Morgan fingerprint density at radius 3 is 0.750 bits per heavy atom. The van der Waals surface area contributed by atoms with Gasteiger partial charge in [0.05, 0.1) is 0 Å². The molecule has 6 nitrogen and oxygen atoms in total. The zero-order chi connectivity index (χ0) is 40.1. The third kappa shape index (κ3) is 7.73. The maximum absolute atomic E-state index is 5.20. The average Bonchev–Trinajstić information content (AvgIpc) is 3.35. The molecular formula is C54H36N6. The van der Waals surface area contributed by atoms with E-state index in [1.807, 2.05) is 103 Å². The summed E-state index contributed by atoms with van der Waals surface area (Å²) < 4.78 is 0. The summed E-state index contributed by atoms with van der Waals surface area (Å²) in [5.41, 5.74) is 11.8. The lowest BCUT2D eigenvalue weighted by Crippen LogP contribution is -2.01. The lowest BCUT2D eigenvalue weighted by atomic mass is 9.95. The van der Waals surface area contributed by atoms with Gasteiger partial charge in [0.1, 0.15) is 0 Å². The van der Waals surface area contributed by atoms with Crippen molar-refractivity contribution in [1.82, 2.24) is 29.9 Å². The maximum Gasteiger partial charge on any atom is 0.164 e. The van der Waals surface area contributed by atoms with Crippen LogP contribution in [0.25, 0.3) is 102 Å². The highest BCUT2D eigenvalue weighted by Gasteiger charge is 2.17. The van der Waals surface area contributed by atoms with Crippen molar-refractivity contribution in [3.63, 3.8) is 0 Å². The molecule has 0 radical (unpaired) electrons. The van der Waals surface area contributed by atoms with Crippen LogP contribution in [0.5, 0.6) is 0 Å². The minimum Gasteiger partial charge on any atom is -0.208 e. The molecule has 0 amide bonds. The molecule has 0 aliphatic rings. The van der Waals surface area contributed by atoms with Gasteiger partial charge in [-0.2, -0.15) is 0 Å². The second-order valence-electron chi connectivity index (χ2n) is 14.4. The van der Waals surface area contributed by atoms with Gasteiger partial charge in [-0.3, -0.25) is 0 Å². The first-order valence-corrected chi connectivity index (χ1v) is 19.9. The quantitative estimate of drug-likeness (QED) is 0.145. The Bertz CT molecular complexity index is 3010. The molecule has 0 aliphatic carbocycles. The van der Waals surface area contributed by atoms with Gasteiger partial charge in [-0.1, -0.05) is 188 Å². The van der Waals surface area contributed by atoms with E-state index >= 15 is 0 Å². The molecule has 282 valence electrons. The van der Waals surface area contributed by atoms with Crippen LogP contribution < -0.4 is 0 Å². The molecule has 2 aromatic heterocycles. The molecule has 0 atom stereocenters. The van der Waals surface area contributed by atoms with Crippen molar-refractivity contribution in [1.29, 1.82) is 0 Å². The van der Waals surface area contributed by atoms with Crippen molar-refractivity contribution in [2.45, 2.75) is 0 Å². The van der Waals surface area contributed by atoms with Crippen molar-refractivity contribution < 1.29 is 0 Å². The van der Waals surface area contributed by atoms with Gasteiger partial charge in [-0.25, -0.2) is 29.9 Å². The second kappa shape index (κ2) is 16.3. The van der Waals surface area contributed by atoms with E-state index in [9.17, 15) is 0 Å². The molecule has 0 unspecified atom stereocenters. The van der Waals surface area contributed by atoms with E-state index in [0.717, 1.165) is 66.8 Å². The van der Waals surface area contributed by atoms with Gasteiger partial charge in [-0.05, 0) is 63.7 Å². The van der Waals surface area contributed by atoms with Crippen molar-refractivity contribution in [2.75, 3.05) is 0 Å². The molecule has 0 N–H and O–H groups in total. The van der Waals surface area contributed by atoms with E-state index in [0.29, 0.717) is 34.9 Å². The van der Waals surface area contributed by atoms with E-state index < -0.39 is 0 Å². The molecule has 0 saturated heterocycles. The van der Waals surface area contributed by atoms with E-state index in [1.165, 1.54) is 0 Å². The Morgan fingerprint density at radius 2 is 0.367 bits per heavy atom. The van der Waals surface area contributed by atoms with Gasteiger partial charge in [-0.15, -0.1) is 0 Å². The smallest absolute Gasteiger partial charge is 0.164 e. The fourth-order valence-electron chi connectivity index (χ4n) is 7.32. The third-order valence-corrected chi connectivity index (χ3v) is 10.3. The summed E-state index contributed by atoms with van der Waals surface area (Å²) in [6, 6.07) is 74.3. The lowest BCUT2D eigenvalue weighted by Gasteiger charge is -2.13. The Kier molecular flexibility index (Phi) is 9.84. The summed E-state index contributed by atoms with van der Waals surface area (Å²) in [6.07, 6.45) is 0. The van der Waals surface area contributed by atoms with Crippen LogP contribution in [0.15, 0.2) is 218 Å². The average molecular weight is 769 g/mol. The monoisotopic (exact) mass is 768 g/mol. The Hall–Kier alpha value is -8.22. The molecule has 0 bridgehead atoms. The predicted octanol–water partition coefficient (Wildman–Crippen LogP) is 13.1. The van der Waals surface area contributed by atoms with E-state index in [4.69, 9.17) is 29.9 Å². The number of rotatable bonds is 9. The molecule has 0 spiro atoms. The summed E-state index contributed by atoms with van der Waals surface area (Å²) in [7, 11) is 0. The fraction of sp³-hybridized carbons (Fsp3) is 0. The highest BCUT2D eigenvalue weighted by molar-refractivity contribution is 5.82. The number of hydrogen-bond acceptors (Lipinski definition) is 6. The number of hydrogen-bond donors (Lipinski definition) is 0. The van der Waals surface area contributed by atoms with Gasteiger partial charge < -0.3 is 0 Å². The SMILES string of the molecule is c1ccc(-c2cccc(-c3nc(-c4ccccc4)nc(-c4cc(-c5ccccc5)cc(-c5cccc(-c6nc(-c7ccccc7)nc(-c7ccccc7)n6)c5)c4)n3)c2)cc1. The molecule has 2 heterocycles. The van der Waals surface area contributed by atoms with Crippen molar-refractivity contribution in [3.05, 3.63) is 218 Å². The van der Waals surface area contributed by atoms with E-state index in [1.54, 1.807) is 0 Å². The normalized spacial score (nSPS) is 11.0.